The number of nitriles is 1. The Morgan fingerprint density at radius 3 is 2.73 bits per heavy atom. The quantitative estimate of drug-likeness (QED) is 0.942. The molecule has 2 heterocycles. The maximum atomic E-state index is 9.22. The van der Waals surface area contributed by atoms with Crippen LogP contribution in [0.25, 0.3) is 0 Å². The van der Waals surface area contributed by atoms with E-state index in [0.717, 1.165) is 48.7 Å². The van der Waals surface area contributed by atoms with Crippen molar-refractivity contribution in [1.29, 1.82) is 5.26 Å². The van der Waals surface area contributed by atoms with E-state index in [4.69, 9.17) is 0 Å². The van der Waals surface area contributed by atoms with Crippen LogP contribution in [0.4, 0.5) is 11.5 Å². The van der Waals surface area contributed by atoms with E-state index in [1.54, 1.807) is 6.33 Å². The van der Waals surface area contributed by atoms with Crippen LogP contribution in [0.3, 0.4) is 0 Å². The fourth-order valence-electron chi connectivity index (χ4n) is 2.85. The Balaban J connectivity index is 1.62. The average molecular weight is 293 g/mol. The first kappa shape index (κ1) is 14.3. The molecule has 5 nitrogen and oxygen atoms in total. The zero-order chi connectivity index (χ0) is 15.4. The lowest BCUT2D eigenvalue weighted by atomic mass is 10.0. The lowest BCUT2D eigenvalue weighted by Crippen LogP contribution is -2.39. The largest absolute Gasteiger partial charge is 0.370 e. The van der Waals surface area contributed by atoms with Crippen molar-refractivity contribution in [3.8, 4) is 6.07 Å². The molecule has 1 aliphatic heterocycles. The van der Waals surface area contributed by atoms with E-state index in [-0.39, 0.29) is 0 Å². The van der Waals surface area contributed by atoms with Gasteiger partial charge in [-0.2, -0.15) is 5.26 Å². The fraction of sp³-hybridized carbons (Fsp3) is 0.353. The maximum Gasteiger partial charge on any atom is 0.129 e. The molecule has 0 spiro atoms. The Labute approximate surface area is 130 Å². The summed E-state index contributed by atoms with van der Waals surface area (Å²) in [6.45, 7) is 3.86. The van der Waals surface area contributed by atoms with Gasteiger partial charge in [0.1, 0.15) is 18.2 Å². The molecule has 1 N–H and O–H groups in total. The number of para-hydroxylation sites is 1. The molecule has 3 rings (SSSR count). The zero-order valence-corrected chi connectivity index (χ0v) is 12.7. The van der Waals surface area contributed by atoms with Crippen LogP contribution >= 0.6 is 0 Å². The SMILES string of the molecule is Cc1cc(NC2CCN(c3ccccc3C#N)CC2)ncn1. The van der Waals surface area contributed by atoms with Gasteiger partial charge in [-0.1, -0.05) is 12.1 Å². The van der Waals surface area contributed by atoms with E-state index >= 15 is 0 Å². The number of aryl methyl sites for hydroxylation is 1. The van der Waals surface area contributed by atoms with Crippen LogP contribution in [0, 0.1) is 18.3 Å². The summed E-state index contributed by atoms with van der Waals surface area (Å²) in [5.74, 6) is 0.892. The minimum Gasteiger partial charge on any atom is -0.370 e. The Bertz CT molecular complexity index is 683. The molecule has 0 aliphatic carbocycles. The average Bonchev–Trinajstić information content (AvgIpc) is 2.56. The molecular weight excluding hydrogens is 274 g/mol. The van der Waals surface area contributed by atoms with E-state index in [1.807, 2.05) is 37.3 Å². The number of aromatic nitrogens is 2. The van der Waals surface area contributed by atoms with E-state index in [9.17, 15) is 5.26 Å². The van der Waals surface area contributed by atoms with Crippen molar-refractivity contribution in [2.75, 3.05) is 23.3 Å². The molecule has 112 valence electrons. The molecule has 0 saturated carbocycles. The van der Waals surface area contributed by atoms with Gasteiger partial charge >= 0.3 is 0 Å². The van der Waals surface area contributed by atoms with Crippen LogP contribution in [0.5, 0.6) is 0 Å². The Hall–Kier alpha value is -2.61. The summed E-state index contributed by atoms with van der Waals surface area (Å²) in [6, 6.07) is 12.5. The van der Waals surface area contributed by atoms with Gasteiger partial charge in [0.15, 0.2) is 0 Å². The predicted octanol–water partition coefficient (Wildman–Crippen LogP) is 2.74. The van der Waals surface area contributed by atoms with Crippen molar-refractivity contribution in [2.24, 2.45) is 0 Å². The lowest BCUT2D eigenvalue weighted by Gasteiger charge is -2.34. The summed E-state index contributed by atoms with van der Waals surface area (Å²) in [6.07, 6.45) is 3.65. The second kappa shape index (κ2) is 6.44. The van der Waals surface area contributed by atoms with E-state index in [0.29, 0.717) is 6.04 Å². The Morgan fingerprint density at radius 2 is 2.00 bits per heavy atom. The predicted molar refractivity (Wildman–Crippen MR) is 86.8 cm³/mol. The maximum absolute atomic E-state index is 9.22. The standard InChI is InChI=1S/C17H19N5/c1-13-10-17(20-12-19-13)21-15-6-8-22(9-7-15)16-5-3-2-4-14(16)11-18/h2-5,10,12,15H,6-9H2,1H3,(H,19,20,21). The molecule has 22 heavy (non-hydrogen) atoms. The molecule has 0 bridgehead atoms. The Kier molecular flexibility index (Phi) is 4.19. The molecule has 0 amide bonds. The first-order valence-corrected chi connectivity index (χ1v) is 7.55. The van der Waals surface area contributed by atoms with Gasteiger partial charge in [0.05, 0.1) is 11.3 Å². The smallest absolute Gasteiger partial charge is 0.129 e. The molecule has 1 aromatic carbocycles. The molecule has 2 aromatic rings. The summed E-state index contributed by atoms with van der Waals surface area (Å²) in [5, 5.41) is 12.7. The van der Waals surface area contributed by atoms with Gasteiger partial charge in [0, 0.05) is 30.9 Å². The monoisotopic (exact) mass is 293 g/mol. The van der Waals surface area contributed by atoms with Gasteiger partial charge in [0.2, 0.25) is 0 Å². The highest BCUT2D eigenvalue weighted by molar-refractivity contribution is 5.59. The summed E-state index contributed by atoms with van der Waals surface area (Å²) in [7, 11) is 0. The van der Waals surface area contributed by atoms with Crippen molar-refractivity contribution in [2.45, 2.75) is 25.8 Å². The van der Waals surface area contributed by atoms with E-state index in [2.05, 4.69) is 26.3 Å². The summed E-state index contributed by atoms with van der Waals surface area (Å²) < 4.78 is 0. The molecule has 1 aromatic heterocycles. The summed E-state index contributed by atoms with van der Waals surface area (Å²) in [5.41, 5.74) is 2.76. The third kappa shape index (κ3) is 3.17. The molecule has 5 heteroatoms. The van der Waals surface area contributed by atoms with Gasteiger partial charge in [-0.3, -0.25) is 0 Å². The van der Waals surface area contributed by atoms with Crippen LogP contribution in [0.2, 0.25) is 0 Å². The molecule has 0 unspecified atom stereocenters. The van der Waals surface area contributed by atoms with Crippen LogP contribution in [-0.2, 0) is 0 Å². The van der Waals surface area contributed by atoms with Gasteiger partial charge in [-0.25, -0.2) is 9.97 Å². The number of nitrogens with zero attached hydrogens (tertiary/aromatic N) is 4. The van der Waals surface area contributed by atoms with Crippen molar-refractivity contribution in [3.05, 3.63) is 47.9 Å². The third-order valence-electron chi connectivity index (χ3n) is 4.02. The minimum atomic E-state index is 0.416. The van der Waals surface area contributed by atoms with Gasteiger partial charge in [-0.05, 0) is 31.9 Å². The van der Waals surface area contributed by atoms with Crippen LogP contribution in [-0.4, -0.2) is 29.1 Å². The van der Waals surface area contributed by atoms with Crippen molar-refractivity contribution in [1.82, 2.24) is 9.97 Å². The molecule has 1 aliphatic rings. The number of hydrogen-bond acceptors (Lipinski definition) is 5. The van der Waals surface area contributed by atoms with Gasteiger partial charge < -0.3 is 10.2 Å². The van der Waals surface area contributed by atoms with Crippen molar-refractivity contribution < 1.29 is 0 Å². The van der Waals surface area contributed by atoms with E-state index < -0.39 is 0 Å². The van der Waals surface area contributed by atoms with Crippen LogP contribution in [0.1, 0.15) is 24.1 Å². The molecule has 0 radical (unpaired) electrons. The van der Waals surface area contributed by atoms with Crippen LogP contribution in [0.15, 0.2) is 36.7 Å². The highest BCUT2D eigenvalue weighted by Crippen LogP contribution is 2.24. The molecule has 1 fully saturated rings. The molecule has 1 saturated heterocycles. The second-order valence-corrected chi connectivity index (χ2v) is 5.58. The summed E-state index contributed by atoms with van der Waals surface area (Å²) in [4.78, 5) is 10.7. The lowest BCUT2D eigenvalue weighted by molar-refractivity contribution is 0.525. The van der Waals surface area contributed by atoms with E-state index in [1.165, 1.54) is 0 Å². The molecule has 0 atom stereocenters. The van der Waals surface area contributed by atoms with Crippen molar-refractivity contribution in [3.63, 3.8) is 0 Å². The fourth-order valence-corrected chi connectivity index (χ4v) is 2.85. The Morgan fingerprint density at radius 1 is 1.23 bits per heavy atom. The number of anilines is 2. The topological polar surface area (TPSA) is 64.8 Å². The first-order chi connectivity index (χ1) is 10.8. The number of hydrogen-bond donors (Lipinski definition) is 1. The van der Waals surface area contributed by atoms with Crippen molar-refractivity contribution >= 4 is 11.5 Å². The first-order valence-electron chi connectivity index (χ1n) is 7.55. The third-order valence-corrected chi connectivity index (χ3v) is 4.02. The van der Waals surface area contributed by atoms with Crippen LogP contribution < -0.4 is 10.2 Å². The number of rotatable bonds is 3. The highest BCUT2D eigenvalue weighted by Gasteiger charge is 2.21. The highest BCUT2D eigenvalue weighted by atomic mass is 15.2. The number of nitrogens with one attached hydrogen (secondary N) is 1. The normalized spacial score (nSPS) is 15.4. The summed E-state index contributed by atoms with van der Waals surface area (Å²) >= 11 is 0. The van der Waals surface area contributed by atoms with Gasteiger partial charge in [-0.15, -0.1) is 0 Å². The zero-order valence-electron chi connectivity index (χ0n) is 12.7. The number of piperidine rings is 1. The van der Waals surface area contributed by atoms with Gasteiger partial charge in [0.25, 0.3) is 0 Å². The molecular formula is C17H19N5. The minimum absolute atomic E-state index is 0.416. The number of benzene rings is 1. The second-order valence-electron chi connectivity index (χ2n) is 5.58.